The first-order valence-electron chi connectivity index (χ1n) is 6.83. The quantitative estimate of drug-likeness (QED) is 0.872. The monoisotopic (exact) mass is 284 g/mol. The molecular formula is C15H22F2N2O. The van der Waals surface area contributed by atoms with Crippen LogP contribution < -0.4 is 5.73 Å². The van der Waals surface area contributed by atoms with Crippen molar-refractivity contribution in [1.29, 1.82) is 0 Å². The molecule has 0 aliphatic carbocycles. The van der Waals surface area contributed by atoms with Gasteiger partial charge in [0.1, 0.15) is 0 Å². The van der Waals surface area contributed by atoms with Gasteiger partial charge < -0.3 is 10.6 Å². The summed E-state index contributed by atoms with van der Waals surface area (Å²) in [6.07, 6.45) is 0. The predicted octanol–water partition coefficient (Wildman–Crippen LogP) is 2.54. The molecule has 1 unspecified atom stereocenters. The molecule has 0 aromatic heterocycles. The Labute approximate surface area is 118 Å². The smallest absolute Gasteiger partial charge is 0.227 e. The van der Waals surface area contributed by atoms with Crippen molar-refractivity contribution in [3.8, 4) is 0 Å². The zero-order chi connectivity index (χ0) is 15.3. The molecule has 2 N–H and O–H groups in total. The zero-order valence-electron chi connectivity index (χ0n) is 12.2. The van der Waals surface area contributed by atoms with Crippen LogP contribution in [0.5, 0.6) is 0 Å². The lowest BCUT2D eigenvalue weighted by atomic mass is 9.94. The van der Waals surface area contributed by atoms with Crippen molar-refractivity contribution in [2.45, 2.75) is 27.3 Å². The minimum Gasteiger partial charge on any atom is -0.338 e. The van der Waals surface area contributed by atoms with Gasteiger partial charge in [-0.3, -0.25) is 4.79 Å². The number of benzene rings is 1. The molecule has 0 aliphatic rings. The van der Waals surface area contributed by atoms with Gasteiger partial charge in [0.25, 0.3) is 0 Å². The lowest BCUT2D eigenvalue weighted by molar-refractivity contribution is -0.137. The number of hydrogen-bond donors (Lipinski definition) is 1. The molecule has 0 bridgehead atoms. The summed E-state index contributed by atoms with van der Waals surface area (Å²) in [5.74, 6) is -1.93. The van der Waals surface area contributed by atoms with E-state index in [1.54, 1.807) is 4.90 Å². The molecule has 1 rings (SSSR count). The molecule has 1 amide bonds. The molecule has 20 heavy (non-hydrogen) atoms. The molecule has 1 atom stereocenters. The molecular weight excluding hydrogens is 262 g/mol. The van der Waals surface area contributed by atoms with E-state index in [2.05, 4.69) is 0 Å². The Bertz CT molecular complexity index is 463. The number of hydrogen-bond acceptors (Lipinski definition) is 2. The van der Waals surface area contributed by atoms with E-state index in [-0.39, 0.29) is 30.8 Å². The summed E-state index contributed by atoms with van der Waals surface area (Å²) in [7, 11) is 0. The summed E-state index contributed by atoms with van der Waals surface area (Å²) in [4.78, 5) is 14.0. The number of nitrogens with two attached hydrogens (primary N) is 1. The van der Waals surface area contributed by atoms with E-state index in [9.17, 15) is 13.6 Å². The van der Waals surface area contributed by atoms with Crippen molar-refractivity contribution in [2.24, 2.45) is 17.6 Å². The Morgan fingerprint density at radius 1 is 1.30 bits per heavy atom. The maximum atomic E-state index is 13.2. The summed E-state index contributed by atoms with van der Waals surface area (Å²) in [5, 5.41) is 0. The second-order valence-electron chi connectivity index (χ2n) is 5.19. The van der Waals surface area contributed by atoms with Crippen LogP contribution in [0, 0.1) is 23.5 Å². The highest BCUT2D eigenvalue weighted by molar-refractivity contribution is 5.79. The molecule has 0 aliphatic heterocycles. The molecule has 3 nitrogen and oxygen atoms in total. The fourth-order valence-electron chi connectivity index (χ4n) is 2.10. The van der Waals surface area contributed by atoms with Gasteiger partial charge in [-0.15, -0.1) is 0 Å². The Hall–Kier alpha value is -1.49. The number of carbonyl (C=O) groups is 1. The van der Waals surface area contributed by atoms with E-state index in [1.807, 2.05) is 20.8 Å². The van der Waals surface area contributed by atoms with Crippen LogP contribution in [0.25, 0.3) is 0 Å². The minimum absolute atomic E-state index is 0.0465. The van der Waals surface area contributed by atoms with Crippen LogP contribution >= 0.6 is 0 Å². The van der Waals surface area contributed by atoms with Crippen LogP contribution in [-0.4, -0.2) is 23.9 Å². The summed E-state index contributed by atoms with van der Waals surface area (Å²) in [6, 6.07) is 3.69. The molecule has 0 spiro atoms. The normalized spacial score (nSPS) is 12.6. The molecule has 5 heteroatoms. The molecule has 1 aromatic rings. The fraction of sp³-hybridized carbons (Fsp3) is 0.533. The van der Waals surface area contributed by atoms with Crippen molar-refractivity contribution in [3.05, 3.63) is 35.4 Å². The number of carbonyl (C=O) groups excluding carboxylic acids is 1. The van der Waals surface area contributed by atoms with E-state index < -0.39 is 11.6 Å². The average Bonchev–Trinajstić information content (AvgIpc) is 2.40. The van der Waals surface area contributed by atoms with Crippen molar-refractivity contribution in [3.63, 3.8) is 0 Å². The van der Waals surface area contributed by atoms with Crippen LogP contribution in [0.4, 0.5) is 8.78 Å². The third kappa shape index (κ3) is 4.00. The van der Waals surface area contributed by atoms with Crippen LogP contribution in [0.2, 0.25) is 0 Å². The van der Waals surface area contributed by atoms with Gasteiger partial charge in [-0.05, 0) is 30.5 Å². The average molecular weight is 284 g/mol. The second-order valence-corrected chi connectivity index (χ2v) is 5.19. The predicted molar refractivity (Wildman–Crippen MR) is 74.8 cm³/mol. The third-order valence-electron chi connectivity index (χ3n) is 3.43. The number of rotatable bonds is 6. The minimum atomic E-state index is -0.898. The standard InChI is InChI=1S/C15H22F2N2O/c1-4-19(15(20)12(8-18)10(2)3)9-11-5-6-13(16)14(17)7-11/h5-7,10,12H,4,8-9,18H2,1-3H3. The largest absolute Gasteiger partial charge is 0.338 e. The van der Waals surface area contributed by atoms with Gasteiger partial charge in [0, 0.05) is 19.6 Å². The Kier molecular flexibility index (Phi) is 6.07. The van der Waals surface area contributed by atoms with Gasteiger partial charge in [0.05, 0.1) is 5.92 Å². The molecule has 0 saturated carbocycles. The lowest BCUT2D eigenvalue weighted by Crippen LogP contribution is -2.41. The first kappa shape index (κ1) is 16.6. The highest BCUT2D eigenvalue weighted by atomic mass is 19.2. The molecule has 0 saturated heterocycles. The van der Waals surface area contributed by atoms with Crippen LogP contribution in [0.3, 0.4) is 0 Å². The van der Waals surface area contributed by atoms with E-state index in [1.165, 1.54) is 6.07 Å². The Morgan fingerprint density at radius 2 is 1.95 bits per heavy atom. The summed E-state index contributed by atoms with van der Waals surface area (Å²) >= 11 is 0. The van der Waals surface area contributed by atoms with E-state index >= 15 is 0 Å². The number of halogens is 2. The van der Waals surface area contributed by atoms with E-state index in [4.69, 9.17) is 5.73 Å². The Balaban J connectivity index is 2.85. The first-order valence-corrected chi connectivity index (χ1v) is 6.83. The van der Waals surface area contributed by atoms with Gasteiger partial charge in [-0.1, -0.05) is 19.9 Å². The topological polar surface area (TPSA) is 46.3 Å². The van der Waals surface area contributed by atoms with Gasteiger partial charge >= 0.3 is 0 Å². The highest BCUT2D eigenvalue weighted by Gasteiger charge is 2.25. The molecule has 0 fully saturated rings. The van der Waals surface area contributed by atoms with Gasteiger partial charge in [0.2, 0.25) is 5.91 Å². The second kappa shape index (κ2) is 7.33. The zero-order valence-corrected chi connectivity index (χ0v) is 12.2. The van der Waals surface area contributed by atoms with Crippen molar-refractivity contribution >= 4 is 5.91 Å². The van der Waals surface area contributed by atoms with Crippen molar-refractivity contribution < 1.29 is 13.6 Å². The van der Waals surface area contributed by atoms with Crippen LogP contribution in [-0.2, 0) is 11.3 Å². The first-order chi connectivity index (χ1) is 9.40. The van der Waals surface area contributed by atoms with Gasteiger partial charge in [-0.2, -0.15) is 0 Å². The molecule has 0 heterocycles. The van der Waals surface area contributed by atoms with Crippen molar-refractivity contribution in [1.82, 2.24) is 4.90 Å². The van der Waals surface area contributed by atoms with Gasteiger partial charge in [0.15, 0.2) is 11.6 Å². The highest BCUT2D eigenvalue weighted by Crippen LogP contribution is 2.16. The summed E-state index contributed by atoms with van der Waals surface area (Å²) < 4.78 is 26.1. The molecule has 0 radical (unpaired) electrons. The van der Waals surface area contributed by atoms with E-state index in [0.29, 0.717) is 12.1 Å². The number of amides is 1. The summed E-state index contributed by atoms with van der Waals surface area (Å²) in [6.45, 7) is 6.79. The SMILES string of the molecule is CCN(Cc1ccc(F)c(F)c1)C(=O)C(CN)C(C)C. The molecule has 112 valence electrons. The maximum Gasteiger partial charge on any atom is 0.227 e. The van der Waals surface area contributed by atoms with Crippen molar-refractivity contribution in [2.75, 3.05) is 13.1 Å². The van der Waals surface area contributed by atoms with Gasteiger partial charge in [-0.25, -0.2) is 8.78 Å². The third-order valence-corrected chi connectivity index (χ3v) is 3.43. The van der Waals surface area contributed by atoms with Crippen LogP contribution in [0.15, 0.2) is 18.2 Å². The van der Waals surface area contributed by atoms with Crippen LogP contribution in [0.1, 0.15) is 26.3 Å². The maximum absolute atomic E-state index is 13.2. The fourth-order valence-corrected chi connectivity index (χ4v) is 2.10. The van der Waals surface area contributed by atoms with E-state index in [0.717, 1.165) is 12.1 Å². The summed E-state index contributed by atoms with van der Waals surface area (Å²) in [5.41, 5.74) is 6.22. The Morgan fingerprint density at radius 3 is 2.40 bits per heavy atom. The lowest BCUT2D eigenvalue weighted by Gasteiger charge is -2.27. The molecule has 1 aromatic carbocycles. The number of nitrogens with zero attached hydrogens (tertiary/aromatic N) is 1.